The molecule has 0 N–H and O–H groups in total. The van der Waals surface area contributed by atoms with Crippen molar-refractivity contribution in [2.24, 2.45) is 40.6 Å². The Kier molecular flexibility index (Phi) is 5.04. The summed E-state index contributed by atoms with van der Waals surface area (Å²) in [5, 5.41) is 6.07. The predicted octanol–water partition coefficient (Wildman–Crippen LogP) is 5.07. The second kappa shape index (κ2) is 8.60. The van der Waals surface area contributed by atoms with Gasteiger partial charge in [-0.2, -0.15) is 10.1 Å². The van der Waals surface area contributed by atoms with E-state index in [1.807, 2.05) is 48.5 Å². The van der Waals surface area contributed by atoms with Crippen molar-refractivity contribution in [1.82, 2.24) is 5.01 Å². The molecule has 2 saturated heterocycles. The molecule has 2 heterocycles. The Labute approximate surface area is 252 Å². The molecule has 2 aliphatic heterocycles. The zero-order chi connectivity index (χ0) is 29.2. The van der Waals surface area contributed by atoms with Crippen molar-refractivity contribution in [2.45, 2.75) is 24.2 Å². The number of imide groups is 2. The molecule has 3 fully saturated rings. The predicted molar refractivity (Wildman–Crippen MR) is 159 cm³/mol. The summed E-state index contributed by atoms with van der Waals surface area (Å²) in [7, 11) is 0. The van der Waals surface area contributed by atoms with E-state index in [2.05, 4.69) is 12.2 Å². The van der Waals surface area contributed by atoms with Gasteiger partial charge in [0.15, 0.2) is 0 Å². The van der Waals surface area contributed by atoms with Gasteiger partial charge in [0, 0.05) is 12.1 Å². The fourth-order valence-electron chi connectivity index (χ4n) is 9.24. The SMILES string of the molecule is O=C1[C@@H]2[C@H](C(=O)N1/N=C\C13c4ccccc4C(c4ccccc41)[C@H]1C(=O)N(c4ccccc4Cl)C(=O)[C@H]13)[C@H]1C=C[C@H]2CC1. The van der Waals surface area contributed by atoms with Crippen LogP contribution in [-0.2, 0) is 24.6 Å². The summed E-state index contributed by atoms with van der Waals surface area (Å²) in [5.41, 5.74) is 2.80. The first kappa shape index (κ1) is 25.2. The van der Waals surface area contributed by atoms with Gasteiger partial charge in [0.25, 0.3) is 11.8 Å². The molecule has 6 atom stereocenters. The molecule has 1 saturated carbocycles. The monoisotopic (exact) mass is 587 g/mol. The van der Waals surface area contributed by atoms with Crippen molar-refractivity contribution in [3.05, 3.63) is 112 Å². The highest BCUT2D eigenvalue weighted by molar-refractivity contribution is 6.36. The molecule has 0 spiro atoms. The van der Waals surface area contributed by atoms with Gasteiger partial charge < -0.3 is 0 Å². The van der Waals surface area contributed by atoms with E-state index in [1.54, 1.807) is 30.5 Å². The van der Waals surface area contributed by atoms with Crippen LogP contribution in [0.5, 0.6) is 0 Å². The fourth-order valence-corrected chi connectivity index (χ4v) is 9.46. The number of rotatable bonds is 3. The second-order valence-corrected chi connectivity index (χ2v) is 13.0. The maximum absolute atomic E-state index is 14.6. The van der Waals surface area contributed by atoms with Gasteiger partial charge >= 0.3 is 0 Å². The fraction of sp³-hybridized carbons (Fsp3) is 0.286. The number of fused-ring (bicyclic) bond motifs is 1. The number of carbonyl (C=O) groups excluding carboxylic acids is 4. The third-order valence-electron chi connectivity index (χ3n) is 10.9. The van der Waals surface area contributed by atoms with Crippen LogP contribution in [-0.4, -0.2) is 34.9 Å². The minimum atomic E-state index is -1.18. The quantitative estimate of drug-likeness (QED) is 0.243. The normalized spacial score (nSPS) is 34.7. The molecule has 3 aromatic rings. The van der Waals surface area contributed by atoms with Crippen molar-refractivity contribution in [3.8, 4) is 0 Å². The van der Waals surface area contributed by atoms with Gasteiger partial charge in [-0.15, -0.1) is 0 Å². The second-order valence-electron chi connectivity index (χ2n) is 12.6. The van der Waals surface area contributed by atoms with Crippen molar-refractivity contribution in [3.63, 3.8) is 0 Å². The molecule has 6 aliphatic carbocycles. The molecule has 7 nitrogen and oxygen atoms in total. The lowest BCUT2D eigenvalue weighted by atomic mass is 9.47. The number of hydrazone groups is 1. The first-order valence-electron chi connectivity index (χ1n) is 14.9. The number of anilines is 1. The van der Waals surface area contributed by atoms with E-state index in [-0.39, 0.29) is 41.4 Å². The van der Waals surface area contributed by atoms with Crippen LogP contribution in [0.15, 0.2) is 90.0 Å². The maximum atomic E-state index is 14.6. The Bertz CT molecular complexity index is 1790. The number of para-hydroxylation sites is 1. The summed E-state index contributed by atoms with van der Waals surface area (Å²) in [5.74, 6) is -3.82. The van der Waals surface area contributed by atoms with Crippen molar-refractivity contribution in [1.29, 1.82) is 0 Å². The molecular formula is C35H26ClN3O4. The van der Waals surface area contributed by atoms with Crippen LogP contribution in [0.25, 0.3) is 0 Å². The lowest BCUT2D eigenvalue weighted by molar-refractivity contribution is -0.140. The van der Waals surface area contributed by atoms with E-state index >= 15 is 0 Å². The zero-order valence-electron chi connectivity index (χ0n) is 23.0. The summed E-state index contributed by atoms with van der Waals surface area (Å²) in [6.07, 6.45) is 7.57. The highest BCUT2D eigenvalue weighted by atomic mass is 35.5. The van der Waals surface area contributed by atoms with Gasteiger partial charge in [0.1, 0.15) is 0 Å². The van der Waals surface area contributed by atoms with Gasteiger partial charge in [0.05, 0.1) is 39.8 Å². The molecule has 212 valence electrons. The molecule has 0 radical (unpaired) electrons. The average molecular weight is 588 g/mol. The number of hydrogen-bond acceptors (Lipinski definition) is 5. The standard InChI is InChI=1S/C35H26ClN3O4/c36-24-11-5-6-12-25(24)38-31(40)29-28-20-7-1-3-9-22(20)35(30(29)34(38)43,23-10-4-2-8-21(23)28)17-37-39-32(41)26-18-13-14-19(16-15-18)27(26)33(39)42/h1-14,17-19,26-30H,15-16H2/b37-17-/t18-,19-,26-,27+,28?,29+,30-,35?/m0/s1. The molecule has 4 bridgehead atoms. The number of hydrogen-bond donors (Lipinski definition) is 0. The molecule has 3 aromatic carbocycles. The molecular weight excluding hydrogens is 562 g/mol. The van der Waals surface area contributed by atoms with E-state index in [0.29, 0.717) is 10.7 Å². The van der Waals surface area contributed by atoms with Crippen LogP contribution in [0, 0.1) is 35.5 Å². The molecule has 43 heavy (non-hydrogen) atoms. The van der Waals surface area contributed by atoms with E-state index in [1.165, 1.54) is 4.90 Å². The number of nitrogens with zero attached hydrogens (tertiary/aromatic N) is 3. The smallest absolute Gasteiger partial charge is 0.254 e. The van der Waals surface area contributed by atoms with E-state index in [9.17, 15) is 19.2 Å². The lowest BCUT2D eigenvalue weighted by Gasteiger charge is -2.52. The van der Waals surface area contributed by atoms with E-state index < -0.39 is 29.1 Å². The molecule has 11 rings (SSSR count). The zero-order valence-corrected chi connectivity index (χ0v) is 23.7. The van der Waals surface area contributed by atoms with E-state index in [4.69, 9.17) is 16.7 Å². The lowest BCUT2D eigenvalue weighted by Crippen LogP contribution is -2.55. The number of allylic oxidation sites excluding steroid dienone is 2. The highest BCUT2D eigenvalue weighted by Gasteiger charge is 2.68. The van der Waals surface area contributed by atoms with Gasteiger partial charge in [-0.25, -0.2) is 4.90 Å². The van der Waals surface area contributed by atoms with Crippen LogP contribution in [0.2, 0.25) is 5.02 Å². The van der Waals surface area contributed by atoms with Gasteiger partial charge in [-0.3, -0.25) is 19.2 Å². The molecule has 8 aliphatic rings. The third kappa shape index (κ3) is 2.98. The van der Waals surface area contributed by atoms with Gasteiger partial charge in [0.2, 0.25) is 11.8 Å². The van der Waals surface area contributed by atoms with Gasteiger partial charge in [-0.05, 0) is 59.1 Å². The van der Waals surface area contributed by atoms with Crippen LogP contribution < -0.4 is 4.90 Å². The summed E-state index contributed by atoms with van der Waals surface area (Å²) >= 11 is 6.54. The Hall–Kier alpha value is -4.36. The minimum absolute atomic E-state index is 0.0407. The molecule has 0 aromatic heterocycles. The van der Waals surface area contributed by atoms with Crippen LogP contribution in [0.4, 0.5) is 5.69 Å². The van der Waals surface area contributed by atoms with Crippen molar-refractivity contribution < 1.29 is 19.2 Å². The molecule has 8 heteroatoms. The van der Waals surface area contributed by atoms with Crippen LogP contribution in [0.3, 0.4) is 0 Å². The van der Waals surface area contributed by atoms with Crippen molar-refractivity contribution >= 4 is 47.1 Å². The average Bonchev–Trinajstić information content (AvgIpc) is 3.47. The first-order valence-corrected chi connectivity index (χ1v) is 15.2. The Morgan fingerprint density at radius 1 is 0.698 bits per heavy atom. The Balaban J connectivity index is 1.25. The Morgan fingerprint density at radius 3 is 1.84 bits per heavy atom. The third-order valence-corrected chi connectivity index (χ3v) is 11.2. The number of carbonyl (C=O) groups is 4. The summed E-state index contributed by atoms with van der Waals surface area (Å²) < 4.78 is 0. The Morgan fingerprint density at radius 2 is 1.26 bits per heavy atom. The van der Waals surface area contributed by atoms with Crippen LogP contribution >= 0.6 is 11.6 Å². The number of amides is 4. The largest absolute Gasteiger partial charge is 0.274 e. The first-order chi connectivity index (χ1) is 20.9. The minimum Gasteiger partial charge on any atom is -0.274 e. The number of halogens is 1. The highest BCUT2D eigenvalue weighted by Crippen LogP contribution is 2.64. The van der Waals surface area contributed by atoms with E-state index in [0.717, 1.165) is 40.1 Å². The number of benzene rings is 3. The van der Waals surface area contributed by atoms with Crippen molar-refractivity contribution in [2.75, 3.05) is 4.90 Å². The topological polar surface area (TPSA) is 87.1 Å². The van der Waals surface area contributed by atoms with Crippen LogP contribution in [0.1, 0.15) is 41.0 Å². The van der Waals surface area contributed by atoms with Gasteiger partial charge in [-0.1, -0.05) is 84.4 Å². The molecule has 0 unspecified atom stereocenters. The summed E-state index contributed by atoms with van der Waals surface area (Å²) in [4.78, 5) is 57.6. The maximum Gasteiger partial charge on any atom is 0.254 e. The summed E-state index contributed by atoms with van der Waals surface area (Å²) in [6.45, 7) is 0. The molecule has 4 amide bonds. The summed E-state index contributed by atoms with van der Waals surface area (Å²) in [6, 6.07) is 22.6.